The molecule has 1 aliphatic rings. The number of ketones is 1. The lowest BCUT2D eigenvalue weighted by Crippen LogP contribution is -2.29. The molecule has 0 aliphatic carbocycles. The number of carbonyl (C=O) groups is 2. The highest BCUT2D eigenvalue weighted by Crippen LogP contribution is 2.44. The van der Waals surface area contributed by atoms with Crippen molar-refractivity contribution in [3.05, 3.63) is 93.5 Å². The number of aliphatic hydroxyl groups is 1. The number of aliphatic hydroxyl groups excluding tert-OH is 1. The molecule has 4 aromatic rings. The van der Waals surface area contributed by atoms with Crippen molar-refractivity contribution in [3.63, 3.8) is 0 Å². The quantitative estimate of drug-likeness (QED) is 0.162. The molecule has 1 fully saturated rings. The summed E-state index contributed by atoms with van der Waals surface area (Å²) in [5.41, 5.74) is 3.07. The highest BCUT2D eigenvalue weighted by molar-refractivity contribution is 9.10. The number of fused-ring (bicyclic) bond motifs is 1. The Balaban J connectivity index is 1.67. The standard InChI is InChI=1S/C28H23BrN2O4S/c1-3-16-5-14-21-22(15-16)36-28(30-21)31-24(17-6-10-19(29)11-7-17)23(26(33)27(31)34)25(32)18-8-12-20(13-9-18)35-4-2/h5-15,24,32H,3-4H2,1-2H3. The molecule has 0 spiro atoms. The Labute approximate surface area is 221 Å². The van der Waals surface area contributed by atoms with Gasteiger partial charge in [-0.3, -0.25) is 14.5 Å². The summed E-state index contributed by atoms with van der Waals surface area (Å²) in [7, 11) is 0. The Morgan fingerprint density at radius 1 is 1.06 bits per heavy atom. The first kappa shape index (κ1) is 24.2. The van der Waals surface area contributed by atoms with Gasteiger partial charge in [0.15, 0.2) is 5.13 Å². The molecule has 8 heteroatoms. The van der Waals surface area contributed by atoms with E-state index in [1.165, 1.54) is 21.8 Å². The zero-order chi connectivity index (χ0) is 25.4. The molecule has 36 heavy (non-hydrogen) atoms. The highest BCUT2D eigenvalue weighted by atomic mass is 79.9. The van der Waals surface area contributed by atoms with E-state index in [4.69, 9.17) is 4.74 Å². The maximum absolute atomic E-state index is 13.4. The summed E-state index contributed by atoms with van der Waals surface area (Å²) in [6.07, 6.45) is 0.884. The van der Waals surface area contributed by atoms with Crippen LogP contribution < -0.4 is 9.64 Å². The van der Waals surface area contributed by atoms with E-state index in [2.05, 4.69) is 33.9 Å². The minimum atomic E-state index is -0.823. The van der Waals surface area contributed by atoms with E-state index in [1.54, 1.807) is 24.3 Å². The van der Waals surface area contributed by atoms with E-state index in [-0.39, 0.29) is 11.3 Å². The van der Waals surface area contributed by atoms with Gasteiger partial charge >= 0.3 is 5.91 Å². The lowest BCUT2D eigenvalue weighted by Gasteiger charge is -2.23. The molecule has 1 atom stereocenters. The van der Waals surface area contributed by atoms with Crippen LogP contribution in [-0.2, 0) is 16.0 Å². The number of hydrogen-bond donors (Lipinski definition) is 1. The number of amides is 1. The fraction of sp³-hybridized carbons (Fsp3) is 0.179. The molecule has 2 heterocycles. The topological polar surface area (TPSA) is 79.7 Å². The third kappa shape index (κ3) is 4.31. The number of nitrogens with zero attached hydrogens (tertiary/aromatic N) is 2. The third-order valence-electron chi connectivity index (χ3n) is 6.12. The summed E-state index contributed by atoms with van der Waals surface area (Å²) >= 11 is 4.80. The number of ether oxygens (including phenoxy) is 1. The summed E-state index contributed by atoms with van der Waals surface area (Å²) in [4.78, 5) is 32.9. The molecular formula is C28H23BrN2O4S. The summed E-state index contributed by atoms with van der Waals surface area (Å²) < 4.78 is 7.29. The van der Waals surface area contributed by atoms with Crippen molar-refractivity contribution < 1.29 is 19.4 Å². The Morgan fingerprint density at radius 3 is 2.44 bits per heavy atom. The van der Waals surface area contributed by atoms with Gasteiger partial charge in [0.05, 0.1) is 28.4 Å². The zero-order valence-electron chi connectivity index (χ0n) is 19.7. The number of benzene rings is 3. The van der Waals surface area contributed by atoms with Crippen LogP contribution in [0, 0.1) is 0 Å². The van der Waals surface area contributed by atoms with Gasteiger partial charge in [-0.1, -0.05) is 52.4 Å². The largest absolute Gasteiger partial charge is 0.507 e. The van der Waals surface area contributed by atoms with Crippen LogP contribution in [0.2, 0.25) is 0 Å². The van der Waals surface area contributed by atoms with Gasteiger partial charge in [-0.05, 0) is 73.0 Å². The van der Waals surface area contributed by atoms with Crippen molar-refractivity contribution >= 4 is 60.1 Å². The minimum Gasteiger partial charge on any atom is -0.507 e. The Morgan fingerprint density at radius 2 is 1.78 bits per heavy atom. The molecular weight excluding hydrogens is 540 g/mol. The molecule has 0 bridgehead atoms. The first-order valence-corrected chi connectivity index (χ1v) is 13.2. The second kappa shape index (κ2) is 9.87. The van der Waals surface area contributed by atoms with Crippen LogP contribution in [0.3, 0.4) is 0 Å². The zero-order valence-corrected chi connectivity index (χ0v) is 22.1. The van der Waals surface area contributed by atoms with E-state index >= 15 is 0 Å². The van der Waals surface area contributed by atoms with Gasteiger partial charge < -0.3 is 9.84 Å². The number of thiazole rings is 1. The Kier molecular flexibility index (Phi) is 6.64. The third-order valence-corrected chi connectivity index (χ3v) is 7.67. The van der Waals surface area contributed by atoms with E-state index in [1.807, 2.05) is 43.3 Å². The number of halogens is 1. The molecule has 1 N–H and O–H groups in total. The predicted molar refractivity (Wildman–Crippen MR) is 146 cm³/mol. The summed E-state index contributed by atoms with van der Waals surface area (Å²) in [5.74, 6) is -1.05. The van der Waals surface area contributed by atoms with Crippen molar-refractivity contribution in [3.8, 4) is 5.75 Å². The van der Waals surface area contributed by atoms with Crippen molar-refractivity contribution in [1.82, 2.24) is 4.98 Å². The number of rotatable bonds is 6. The van der Waals surface area contributed by atoms with Crippen LogP contribution in [0.5, 0.6) is 5.75 Å². The minimum absolute atomic E-state index is 0.0278. The number of aryl methyl sites for hydroxylation is 1. The van der Waals surface area contributed by atoms with Crippen LogP contribution in [0.25, 0.3) is 16.0 Å². The van der Waals surface area contributed by atoms with Crippen LogP contribution in [0.1, 0.15) is 36.6 Å². The van der Waals surface area contributed by atoms with E-state index in [0.29, 0.717) is 28.6 Å². The molecule has 1 aromatic heterocycles. The summed E-state index contributed by atoms with van der Waals surface area (Å²) in [6.45, 7) is 4.48. The fourth-order valence-electron chi connectivity index (χ4n) is 4.30. The van der Waals surface area contributed by atoms with E-state index in [0.717, 1.165) is 21.1 Å². The molecule has 5 rings (SSSR count). The van der Waals surface area contributed by atoms with Crippen molar-refractivity contribution in [2.24, 2.45) is 0 Å². The fourth-order valence-corrected chi connectivity index (χ4v) is 5.62. The summed E-state index contributed by atoms with van der Waals surface area (Å²) in [5, 5.41) is 11.7. The van der Waals surface area contributed by atoms with Gasteiger partial charge in [-0.15, -0.1) is 0 Å². The molecule has 0 radical (unpaired) electrons. The van der Waals surface area contributed by atoms with Gasteiger partial charge in [-0.2, -0.15) is 0 Å². The molecule has 0 saturated carbocycles. The SMILES string of the molecule is CCOc1ccc(C(O)=C2C(=O)C(=O)N(c3nc4ccc(CC)cc4s3)C2c2ccc(Br)cc2)cc1. The van der Waals surface area contributed by atoms with Crippen LogP contribution in [0.15, 0.2) is 76.8 Å². The summed E-state index contributed by atoms with van der Waals surface area (Å²) in [6, 6.07) is 19.3. The normalized spacial score (nSPS) is 17.2. The maximum Gasteiger partial charge on any atom is 0.301 e. The second-order valence-electron chi connectivity index (χ2n) is 8.33. The lowest BCUT2D eigenvalue weighted by atomic mass is 9.95. The highest BCUT2D eigenvalue weighted by Gasteiger charge is 2.48. The number of aromatic nitrogens is 1. The van der Waals surface area contributed by atoms with Gasteiger partial charge in [0.1, 0.15) is 11.5 Å². The van der Waals surface area contributed by atoms with Crippen LogP contribution in [-0.4, -0.2) is 28.4 Å². The van der Waals surface area contributed by atoms with Gasteiger partial charge in [0.25, 0.3) is 5.78 Å². The number of Topliss-reactive ketones (excluding diaryl/α,β-unsaturated/α-hetero) is 1. The van der Waals surface area contributed by atoms with Crippen molar-refractivity contribution in [2.75, 3.05) is 11.5 Å². The monoisotopic (exact) mass is 562 g/mol. The van der Waals surface area contributed by atoms with Gasteiger partial charge in [0, 0.05) is 10.0 Å². The van der Waals surface area contributed by atoms with Crippen molar-refractivity contribution in [1.29, 1.82) is 0 Å². The lowest BCUT2D eigenvalue weighted by molar-refractivity contribution is -0.132. The Hall–Kier alpha value is -3.49. The molecule has 1 unspecified atom stereocenters. The molecule has 3 aromatic carbocycles. The van der Waals surface area contributed by atoms with Crippen molar-refractivity contribution in [2.45, 2.75) is 26.3 Å². The van der Waals surface area contributed by atoms with E-state index < -0.39 is 17.7 Å². The second-order valence-corrected chi connectivity index (χ2v) is 10.3. The maximum atomic E-state index is 13.4. The molecule has 1 aliphatic heterocycles. The smallest absolute Gasteiger partial charge is 0.301 e. The molecule has 6 nitrogen and oxygen atoms in total. The van der Waals surface area contributed by atoms with E-state index in [9.17, 15) is 14.7 Å². The van der Waals surface area contributed by atoms with Gasteiger partial charge in [-0.25, -0.2) is 4.98 Å². The molecule has 1 amide bonds. The average Bonchev–Trinajstić information content (AvgIpc) is 3.42. The first-order valence-electron chi connectivity index (χ1n) is 11.6. The average molecular weight is 563 g/mol. The molecule has 1 saturated heterocycles. The number of hydrogen-bond acceptors (Lipinski definition) is 6. The molecule has 182 valence electrons. The van der Waals surface area contributed by atoms with Gasteiger partial charge in [0.2, 0.25) is 0 Å². The Bertz CT molecular complexity index is 1490. The predicted octanol–water partition coefficient (Wildman–Crippen LogP) is 6.65. The van der Waals surface area contributed by atoms with Crippen LogP contribution in [0.4, 0.5) is 5.13 Å². The number of anilines is 1. The first-order chi connectivity index (χ1) is 17.4. The number of carbonyl (C=O) groups excluding carboxylic acids is 2. The van der Waals surface area contributed by atoms with Crippen LogP contribution >= 0.6 is 27.3 Å².